The first-order chi connectivity index (χ1) is 27.7. The molecule has 0 saturated heterocycles. The van der Waals surface area contributed by atoms with Crippen LogP contribution in [0.15, 0.2) is 60.9 Å². The van der Waals surface area contributed by atoms with Gasteiger partial charge < -0.3 is 35.4 Å². The maximum Gasteiger partial charge on any atom is 1.00 e. The molecule has 12 heteroatoms. The van der Waals surface area contributed by atoms with E-state index in [1.807, 2.05) is 31.5 Å². The van der Waals surface area contributed by atoms with E-state index in [2.05, 4.69) is 98.5 Å². The normalized spacial score (nSPS) is 19.2. The summed E-state index contributed by atoms with van der Waals surface area (Å²) < 4.78 is 17.5. The maximum absolute atomic E-state index is 11.4. The number of benzene rings is 2. The molecule has 2 fully saturated rings. The molecule has 2 saturated carbocycles. The molecule has 0 amide bonds. The minimum absolute atomic E-state index is 0. The summed E-state index contributed by atoms with van der Waals surface area (Å²) in [6.07, 6.45) is 14.4. The Balaban J connectivity index is 0.000000311. The predicted molar refractivity (Wildman–Crippen MR) is 234 cm³/mol. The SMILES string of the molecule is CC(C)(C)C1CCC(Oc2ccc3cc(CNCCC(=O)O)ncc3c2)CC1.CCOC(=O)CCNCc1cc2ccc(OC3CCC(C(C)(C)C)CC3)cc2cn1.[Li+].[OH-]. The number of aliphatic carboxylic acids is 1. The number of carboxylic acids is 1. The predicted octanol–water partition coefficient (Wildman–Crippen LogP) is 6.87. The first kappa shape index (κ1) is 50.6. The number of aromatic nitrogens is 2. The maximum atomic E-state index is 11.4. The Kier molecular flexibility index (Phi) is 20.3. The molecule has 0 radical (unpaired) electrons. The van der Waals surface area contributed by atoms with E-state index in [-0.39, 0.29) is 36.7 Å². The Bertz CT molecular complexity index is 1930. The number of carboxylic acid groups (broad SMARTS) is 1. The van der Waals surface area contributed by atoms with Crippen LogP contribution in [-0.4, -0.2) is 64.4 Å². The number of carbonyl (C=O) groups is 2. The van der Waals surface area contributed by atoms with Crippen LogP contribution >= 0.6 is 0 Å². The first-order valence-corrected chi connectivity index (χ1v) is 21.6. The summed E-state index contributed by atoms with van der Waals surface area (Å²) in [5, 5.41) is 19.5. The van der Waals surface area contributed by atoms with Crippen molar-refractivity contribution in [3.63, 3.8) is 0 Å². The number of fused-ring (bicyclic) bond motifs is 2. The molecule has 0 spiro atoms. The number of pyridine rings is 2. The van der Waals surface area contributed by atoms with Crippen LogP contribution in [0.25, 0.3) is 21.5 Å². The van der Waals surface area contributed by atoms with E-state index in [9.17, 15) is 9.59 Å². The molecular formula is C48H69LiN4O7. The molecule has 0 aliphatic heterocycles. The summed E-state index contributed by atoms with van der Waals surface area (Å²) in [5.74, 6) is 2.47. The van der Waals surface area contributed by atoms with Crippen LogP contribution in [0.1, 0.15) is 124 Å². The molecule has 2 aliphatic rings. The van der Waals surface area contributed by atoms with Gasteiger partial charge in [-0.2, -0.15) is 0 Å². The van der Waals surface area contributed by atoms with Gasteiger partial charge in [0.2, 0.25) is 0 Å². The Labute approximate surface area is 370 Å². The zero-order valence-electron chi connectivity index (χ0n) is 37.5. The summed E-state index contributed by atoms with van der Waals surface area (Å²) >= 11 is 0. The average Bonchev–Trinajstić information content (AvgIpc) is 3.18. The number of hydrogen-bond acceptors (Lipinski definition) is 10. The zero-order chi connectivity index (χ0) is 41.7. The third-order valence-electron chi connectivity index (χ3n) is 11.8. The molecule has 0 unspecified atom stereocenters. The summed E-state index contributed by atoms with van der Waals surface area (Å²) in [6.45, 7) is 18.5. The molecule has 2 aromatic heterocycles. The fourth-order valence-corrected chi connectivity index (χ4v) is 8.20. The number of hydrogen-bond donors (Lipinski definition) is 3. The number of ether oxygens (including phenoxy) is 3. The van der Waals surface area contributed by atoms with Gasteiger partial charge in [0.05, 0.1) is 43.0 Å². The van der Waals surface area contributed by atoms with E-state index < -0.39 is 5.97 Å². The van der Waals surface area contributed by atoms with E-state index in [1.165, 1.54) is 25.7 Å². The van der Waals surface area contributed by atoms with E-state index in [0.29, 0.717) is 62.2 Å². The van der Waals surface area contributed by atoms with Crippen molar-refractivity contribution in [3.8, 4) is 11.5 Å². The summed E-state index contributed by atoms with van der Waals surface area (Å²) in [6, 6.07) is 16.6. The van der Waals surface area contributed by atoms with Gasteiger partial charge in [0.25, 0.3) is 0 Å². The molecule has 2 aliphatic carbocycles. The van der Waals surface area contributed by atoms with Crippen LogP contribution in [0.3, 0.4) is 0 Å². The van der Waals surface area contributed by atoms with E-state index in [0.717, 1.165) is 82.0 Å². The van der Waals surface area contributed by atoms with Crippen molar-refractivity contribution in [1.82, 2.24) is 20.6 Å². The summed E-state index contributed by atoms with van der Waals surface area (Å²) in [5.41, 5.74) is 2.65. The molecule has 60 heavy (non-hydrogen) atoms. The first-order valence-electron chi connectivity index (χ1n) is 21.6. The summed E-state index contributed by atoms with van der Waals surface area (Å²) in [7, 11) is 0. The molecule has 2 heterocycles. The second-order valence-electron chi connectivity index (χ2n) is 18.3. The number of nitrogens with one attached hydrogen (secondary N) is 2. The Hall–Kier alpha value is -3.72. The number of rotatable bonds is 15. The van der Waals surface area contributed by atoms with Crippen LogP contribution < -0.4 is 39.0 Å². The van der Waals surface area contributed by atoms with Gasteiger partial charge >= 0.3 is 30.8 Å². The van der Waals surface area contributed by atoms with E-state index in [1.54, 1.807) is 0 Å². The number of nitrogens with zero attached hydrogens (tertiary/aromatic N) is 2. The van der Waals surface area contributed by atoms with Crippen LogP contribution in [0.4, 0.5) is 0 Å². The molecule has 324 valence electrons. The van der Waals surface area contributed by atoms with Crippen LogP contribution in [0.2, 0.25) is 0 Å². The third-order valence-corrected chi connectivity index (χ3v) is 11.8. The standard InChI is InChI=1S/C25H36N2O3.C23H32N2O3.Li.H2O/c1-5-29-24(28)12-13-26-17-21-14-18-6-9-23(15-19(18)16-27-21)30-22-10-7-20(8-11-22)25(2,3)4;1-23(2,3)18-5-8-20(9-6-18)28-21-7-4-16-12-19(25-14-17(16)13-21)15-24-11-10-22(26)27;;/h6,9,14-16,20,22,26H,5,7-8,10-13,17H2,1-4H3;4,7,12-14,18,20,24H,5-6,8-11,15H2,1-3H3,(H,26,27);;1H2/q;;+1;/p-1. The van der Waals surface area contributed by atoms with Gasteiger partial charge in [0.15, 0.2) is 0 Å². The molecular weight excluding hydrogens is 751 g/mol. The molecule has 4 N–H and O–H groups in total. The van der Waals surface area contributed by atoms with Gasteiger partial charge in [-0.3, -0.25) is 19.6 Å². The summed E-state index contributed by atoms with van der Waals surface area (Å²) in [4.78, 5) is 31.0. The van der Waals surface area contributed by atoms with E-state index >= 15 is 0 Å². The van der Waals surface area contributed by atoms with Gasteiger partial charge in [-0.05, 0) is 128 Å². The van der Waals surface area contributed by atoms with Gasteiger partial charge in [0.1, 0.15) is 11.5 Å². The fourth-order valence-electron chi connectivity index (χ4n) is 8.20. The van der Waals surface area contributed by atoms with Crippen molar-refractivity contribution in [2.45, 2.75) is 138 Å². The second kappa shape index (κ2) is 24.1. The van der Waals surface area contributed by atoms with Crippen molar-refractivity contribution in [1.29, 1.82) is 0 Å². The van der Waals surface area contributed by atoms with E-state index in [4.69, 9.17) is 19.3 Å². The largest absolute Gasteiger partial charge is 1.00 e. The van der Waals surface area contributed by atoms with Crippen molar-refractivity contribution in [3.05, 3.63) is 72.3 Å². The van der Waals surface area contributed by atoms with Crippen molar-refractivity contribution >= 4 is 33.5 Å². The molecule has 0 bridgehead atoms. The average molecular weight is 821 g/mol. The molecule has 0 atom stereocenters. The fraction of sp³-hybridized carbons (Fsp3) is 0.583. The molecule has 2 aromatic carbocycles. The van der Waals surface area contributed by atoms with Gasteiger partial charge in [0, 0.05) is 49.3 Å². The Morgan fingerprint density at radius 3 is 1.45 bits per heavy atom. The Morgan fingerprint density at radius 1 is 0.650 bits per heavy atom. The molecule has 4 aromatic rings. The second-order valence-corrected chi connectivity index (χ2v) is 18.3. The quantitative estimate of drug-likeness (QED) is 0.0652. The minimum atomic E-state index is -0.793. The smallest absolute Gasteiger partial charge is 0.870 e. The van der Waals surface area contributed by atoms with Crippen LogP contribution in [0, 0.1) is 22.7 Å². The van der Waals surface area contributed by atoms with Crippen molar-refractivity contribution < 1.29 is 53.2 Å². The minimum Gasteiger partial charge on any atom is -0.870 e. The monoisotopic (exact) mass is 821 g/mol. The molecule has 11 nitrogen and oxygen atoms in total. The Morgan fingerprint density at radius 2 is 1.07 bits per heavy atom. The van der Waals surface area contributed by atoms with Crippen molar-refractivity contribution in [2.24, 2.45) is 22.7 Å². The van der Waals surface area contributed by atoms with Gasteiger partial charge in [-0.15, -0.1) is 0 Å². The number of carbonyl (C=O) groups excluding carboxylic acids is 1. The topological polar surface area (TPSA) is 162 Å². The zero-order valence-corrected chi connectivity index (χ0v) is 37.5. The van der Waals surface area contributed by atoms with Gasteiger partial charge in [-0.1, -0.05) is 53.7 Å². The third kappa shape index (κ3) is 16.3. The van der Waals surface area contributed by atoms with Gasteiger partial charge in [-0.25, -0.2) is 0 Å². The molecule has 6 rings (SSSR count). The number of esters is 1. The van der Waals surface area contributed by atoms with Crippen LogP contribution in [-0.2, 0) is 27.4 Å². The van der Waals surface area contributed by atoms with Crippen LogP contribution in [0.5, 0.6) is 11.5 Å². The van der Waals surface area contributed by atoms with Crippen molar-refractivity contribution in [2.75, 3.05) is 19.7 Å².